The van der Waals surface area contributed by atoms with Crippen molar-refractivity contribution in [2.45, 2.75) is 43.9 Å². The SMILES string of the molecule is Cc1ccc(CC2(O)CC3COCC(C2)N3)cc1F. The van der Waals surface area contributed by atoms with Crippen molar-refractivity contribution in [1.29, 1.82) is 0 Å². The third-order valence-electron chi connectivity index (χ3n) is 4.13. The summed E-state index contributed by atoms with van der Waals surface area (Å²) in [5.41, 5.74) is 0.768. The molecule has 0 radical (unpaired) electrons. The second-order valence-corrected chi connectivity index (χ2v) is 5.99. The molecule has 2 aliphatic rings. The summed E-state index contributed by atoms with van der Waals surface area (Å²) < 4.78 is 19.1. The van der Waals surface area contributed by atoms with E-state index in [1.807, 2.05) is 6.07 Å². The predicted octanol–water partition coefficient (Wildman–Crippen LogP) is 1.56. The molecule has 3 rings (SSSR count). The molecule has 1 aromatic rings. The maximum absolute atomic E-state index is 13.6. The van der Waals surface area contributed by atoms with Gasteiger partial charge in [-0.25, -0.2) is 4.39 Å². The summed E-state index contributed by atoms with van der Waals surface area (Å²) >= 11 is 0. The van der Waals surface area contributed by atoms with E-state index in [0.717, 1.165) is 5.56 Å². The van der Waals surface area contributed by atoms with Crippen LogP contribution in [-0.4, -0.2) is 36.0 Å². The minimum Gasteiger partial charge on any atom is -0.389 e. The van der Waals surface area contributed by atoms with Gasteiger partial charge in [-0.05, 0) is 37.0 Å². The molecule has 2 aliphatic heterocycles. The van der Waals surface area contributed by atoms with Crippen molar-refractivity contribution < 1.29 is 14.2 Å². The molecule has 4 heteroatoms. The zero-order valence-electron chi connectivity index (χ0n) is 11.2. The molecule has 2 saturated heterocycles. The highest BCUT2D eigenvalue weighted by Crippen LogP contribution is 2.31. The lowest BCUT2D eigenvalue weighted by Gasteiger charge is -2.45. The molecule has 2 heterocycles. The van der Waals surface area contributed by atoms with Crippen LogP contribution >= 0.6 is 0 Å². The summed E-state index contributed by atoms with van der Waals surface area (Å²) in [7, 11) is 0. The van der Waals surface area contributed by atoms with Crippen molar-refractivity contribution in [2.75, 3.05) is 13.2 Å². The minimum atomic E-state index is -0.744. The van der Waals surface area contributed by atoms with Crippen molar-refractivity contribution in [1.82, 2.24) is 5.32 Å². The maximum atomic E-state index is 13.6. The first kappa shape index (κ1) is 13.0. The second kappa shape index (κ2) is 4.85. The Balaban J connectivity index is 1.75. The van der Waals surface area contributed by atoms with E-state index in [9.17, 15) is 9.50 Å². The van der Waals surface area contributed by atoms with E-state index in [1.54, 1.807) is 19.1 Å². The number of nitrogens with one attached hydrogen (secondary N) is 1. The third kappa shape index (κ3) is 2.81. The molecule has 0 saturated carbocycles. The average Bonchev–Trinajstić information content (AvgIpc) is 2.33. The van der Waals surface area contributed by atoms with Crippen LogP contribution in [0.3, 0.4) is 0 Å². The zero-order chi connectivity index (χ0) is 13.5. The zero-order valence-corrected chi connectivity index (χ0v) is 11.2. The third-order valence-corrected chi connectivity index (χ3v) is 4.13. The molecule has 2 bridgehead atoms. The predicted molar refractivity (Wildman–Crippen MR) is 70.6 cm³/mol. The topological polar surface area (TPSA) is 41.5 Å². The molecule has 0 spiro atoms. The summed E-state index contributed by atoms with van der Waals surface area (Å²) in [6.07, 6.45) is 1.84. The van der Waals surface area contributed by atoms with Gasteiger partial charge in [-0.3, -0.25) is 0 Å². The summed E-state index contributed by atoms with van der Waals surface area (Å²) in [6.45, 7) is 3.06. The van der Waals surface area contributed by atoms with Gasteiger partial charge in [0.15, 0.2) is 0 Å². The number of morpholine rings is 1. The lowest BCUT2D eigenvalue weighted by molar-refractivity contribution is -0.0755. The minimum absolute atomic E-state index is 0.196. The van der Waals surface area contributed by atoms with E-state index in [-0.39, 0.29) is 17.9 Å². The molecule has 0 aromatic heterocycles. The van der Waals surface area contributed by atoms with E-state index < -0.39 is 5.60 Å². The molecule has 2 atom stereocenters. The van der Waals surface area contributed by atoms with Crippen LogP contribution in [0.2, 0.25) is 0 Å². The van der Waals surface area contributed by atoms with Crippen molar-refractivity contribution in [3.8, 4) is 0 Å². The van der Waals surface area contributed by atoms with Gasteiger partial charge in [-0.15, -0.1) is 0 Å². The molecule has 0 amide bonds. The fraction of sp³-hybridized carbons (Fsp3) is 0.600. The molecule has 2 unspecified atom stereocenters. The summed E-state index contributed by atoms with van der Waals surface area (Å²) in [6, 6.07) is 5.66. The van der Waals surface area contributed by atoms with Crippen molar-refractivity contribution in [3.05, 3.63) is 35.1 Å². The standard InChI is InChI=1S/C15H20FNO2/c1-10-2-3-11(4-14(10)16)5-15(18)6-12-8-19-9-13(7-15)17-12/h2-4,12-13,17-18H,5-9H2,1H3. The number of rotatable bonds is 2. The van der Waals surface area contributed by atoms with Crippen LogP contribution in [0.15, 0.2) is 18.2 Å². The molecule has 2 N–H and O–H groups in total. The van der Waals surface area contributed by atoms with Gasteiger partial charge in [0.25, 0.3) is 0 Å². The number of aliphatic hydroxyl groups is 1. The second-order valence-electron chi connectivity index (χ2n) is 5.99. The Morgan fingerprint density at radius 1 is 1.37 bits per heavy atom. The lowest BCUT2D eigenvalue weighted by atomic mass is 9.79. The normalized spacial score (nSPS) is 34.3. The summed E-state index contributed by atoms with van der Waals surface area (Å²) in [5.74, 6) is -0.196. The molecule has 19 heavy (non-hydrogen) atoms. The number of fused-ring (bicyclic) bond motifs is 2. The Hall–Kier alpha value is -0.970. The van der Waals surface area contributed by atoms with Crippen LogP contribution in [0, 0.1) is 12.7 Å². The largest absolute Gasteiger partial charge is 0.389 e. The quantitative estimate of drug-likeness (QED) is 0.852. The number of piperidine rings is 1. The maximum Gasteiger partial charge on any atom is 0.126 e. The van der Waals surface area contributed by atoms with Gasteiger partial charge in [0, 0.05) is 18.5 Å². The fourth-order valence-corrected chi connectivity index (χ4v) is 3.29. The van der Waals surface area contributed by atoms with E-state index in [4.69, 9.17) is 4.74 Å². The van der Waals surface area contributed by atoms with Crippen molar-refractivity contribution in [2.24, 2.45) is 0 Å². The Labute approximate surface area is 112 Å². The van der Waals surface area contributed by atoms with E-state index in [0.29, 0.717) is 38.0 Å². The van der Waals surface area contributed by atoms with Crippen LogP contribution in [0.1, 0.15) is 24.0 Å². The first-order chi connectivity index (χ1) is 9.04. The van der Waals surface area contributed by atoms with E-state index >= 15 is 0 Å². The van der Waals surface area contributed by atoms with Gasteiger partial charge in [-0.2, -0.15) is 0 Å². The molecular formula is C15H20FNO2. The van der Waals surface area contributed by atoms with Crippen LogP contribution in [0.5, 0.6) is 0 Å². The highest BCUT2D eigenvalue weighted by Gasteiger charge is 2.41. The highest BCUT2D eigenvalue weighted by atomic mass is 19.1. The Morgan fingerprint density at radius 2 is 2.05 bits per heavy atom. The van der Waals surface area contributed by atoms with Crippen LogP contribution < -0.4 is 5.32 Å². The van der Waals surface area contributed by atoms with E-state index in [2.05, 4.69) is 5.32 Å². The van der Waals surface area contributed by atoms with Gasteiger partial charge in [0.1, 0.15) is 5.82 Å². The molecular weight excluding hydrogens is 245 g/mol. The van der Waals surface area contributed by atoms with Crippen LogP contribution in [0.25, 0.3) is 0 Å². The smallest absolute Gasteiger partial charge is 0.126 e. The molecule has 0 aliphatic carbocycles. The number of hydrogen-bond donors (Lipinski definition) is 2. The summed E-state index contributed by atoms with van der Waals surface area (Å²) in [5, 5.41) is 14.2. The molecule has 104 valence electrons. The van der Waals surface area contributed by atoms with Gasteiger partial charge >= 0.3 is 0 Å². The first-order valence-electron chi connectivity index (χ1n) is 6.85. The van der Waals surface area contributed by atoms with Crippen molar-refractivity contribution >= 4 is 0 Å². The number of aryl methyl sites for hydroxylation is 1. The fourth-order valence-electron chi connectivity index (χ4n) is 3.29. The van der Waals surface area contributed by atoms with Gasteiger partial charge in [0.2, 0.25) is 0 Å². The Kier molecular flexibility index (Phi) is 3.33. The monoisotopic (exact) mass is 265 g/mol. The van der Waals surface area contributed by atoms with Gasteiger partial charge in [0.05, 0.1) is 18.8 Å². The average molecular weight is 265 g/mol. The van der Waals surface area contributed by atoms with Crippen molar-refractivity contribution in [3.63, 3.8) is 0 Å². The van der Waals surface area contributed by atoms with Gasteiger partial charge in [-0.1, -0.05) is 12.1 Å². The molecule has 3 nitrogen and oxygen atoms in total. The van der Waals surface area contributed by atoms with E-state index in [1.165, 1.54) is 0 Å². The Bertz CT molecular complexity index is 465. The number of hydrogen-bond acceptors (Lipinski definition) is 3. The number of ether oxygens (including phenoxy) is 1. The molecule has 1 aromatic carbocycles. The molecule has 2 fully saturated rings. The van der Waals surface area contributed by atoms with Crippen LogP contribution in [-0.2, 0) is 11.2 Å². The number of benzene rings is 1. The lowest BCUT2D eigenvalue weighted by Crippen LogP contribution is -2.60. The Morgan fingerprint density at radius 3 is 2.68 bits per heavy atom. The van der Waals surface area contributed by atoms with Gasteiger partial charge < -0.3 is 15.2 Å². The highest BCUT2D eigenvalue weighted by molar-refractivity contribution is 5.25. The first-order valence-corrected chi connectivity index (χ1v) is 6.85. The number of halogens is 1. The summed E-state index contributed by atoms with van der Waals surface area (Å²) in [4.78, 5) is 0. The van der Waals surface area contributed by atoms with Crippen LogP contribution in [0.4, 0.5) is 4.39 Å².